The van der Waals surface area contributed by atoms with E-state index in [1.807, 2.05) is 30.3 Å². The number of halogens is 2. The number of ether oxygens (including phenoxy) is 3. The molecule has 5 N–H and O–H groups in total. The molecule has 2 heterocycles. The molecule has 9 nitrogen and oxygen atoms in total. The number of aliphatic hydroxyl groups is 3. The summed E-state index contributed by atoms with van der Waals surface area (Å²) in [5.74, 6) is -0.440. The van der Waals surface area contributed by atoms with E-state index in [-0.39, 0.29) is 31.0 Å². The van der Waals surface area contributed by atoms with Crippen LogP contribution in [0.2, 0.25) is 5.02 Å². The summed E-state index contributed by atoms with van der Waals surface area (Å²) >= 11 is 6.49. The molecule has 0 amide bonds. The van der Waals surface area contributed by atoms with Gasteiger partial charge in [0.15, 0.2) is 0 Å². The number of rotatable bonds is 10. The van der Waals surface area contributed by atoms with Crippen molar-refractivity contribution in [2.24, 2.45) is 5.92 Å². The smallest absolute Gasteiger partial charge is 0.320 e. The van der Waals surface area contributed by atoms with Gasteiger partial charge in [-0.05, 0) is 47.2 Å². The largest absolute Gasteiger partial charge is 0.488 e. The van der Waals surface area contributed by atoms with Crippen LogP contribution in [0.3, 0.4) is 0 Å². The third-order valence-electron chi connectivity index (χ3n) is 7.09. The Morgan fingerprint density at radius 3 is 2.44 bits per heavy atom. The number of hydrogen-bond donors (Lipinski definition) is 5. The third-order valence-corrected chi connectivity index (χ3v) is 7.46. The van der Waals surface area contributed by atoms with Gasteiger partial charge in [-0.1, -0.05) is 49.7 Å². The first-order valence-electron chi connectivity index (χ1n) is 12.9. The number of nitrogens with one attached hydrogen (secondary N) is 1. The van der Waals surface area contributed by atoms with Crippen molar-refractivity contribution in [2.45, 2.75) is 69.4 Å². The van der Waals surface area contributed by atoms with Gasteiger partial charge in [-0.15, -0.1) is 12.4 Å². The van der Waals surface area contributed by atoms with Crippen molar-refractivity contribution in [3.05, 3.63) is 64.2 Å². The lowest BCUT2D eigenvalue weighted by Crippen LogP contribution is -2.58. The minimum atomic E-state index is -1.47. The number of carbonyl (C=O) groups is 1. The Morgan fingerprint density at radius 1 is 1.10 bits per heavy atom. The van der Waals surface area contributed by atoms with Gasteiger partial charge in [0.05, 0.1) is 19.3 Å². The number of carboxylic acid groups (broad SMARTS) is 1. The van der Waals surface area contributed by atoms with E-state index in [0.29, 0.717) is 30.2 Å². The van der Waals surface area contributed by atoms with Gasteiger partial charge in [0, 0.05) is 18.0 Å². The van der Waals surface area contributed by atoms with Gasteiger partial charge in [0.2, 0.25) is 0 Å². The van der Waals surface area contributed by atoms with Gasteiger partial charge in [0.1, 0.15) is 42.3 Å². The van der Waals surface area contributed by atoms with Crippen LogP contribution in [0.25, 0.3) is 0 Å². The number of aliphatic carboxylic acids is 1. The van der Waals surface area contributed by atoms with Crippen molar-refractivity contribution in [1.29, 1.82) is 0 Å². The third kappa shape index (κ3) is 7.83. The molecule has 2 aromatic rings. The first-order valence-corrected chi connectivity index (χ1v) is 13.3. The SMILES string of the molecule is CC(C)[C@H](NC[C@H]1O[C@@H](c2ccc(Cl)c(Cc3ccc(O[C@H]4CCOC4)cc3)c2)[C@H](O)[C@@H](O)[C@@H]1O)C(=O)O.Cl. The van der Waals surface area contributed by atoms with Gasteiger partial charge >= 0.3 is 5.97 Å². The van der Waals surface area contributed by atoms with Gasteiger partial charge in [-0.2, -0.15) is 0 Å². The molecule has 2 aromatic carbocycles. The number of benzene rings is 2. The lowest BCUT2D eigenvalue weighted by Gasteiger charge is -2.41. The Morgan fingerprint density at radius 2 is 1.82 bits per heavy atom. The molecule has 0 bridgehead atoms. The minimum absolute atomic E-state index is 0. The predicted molar refractivity (Wildman–Crippen MR) is 148 cm³/mol. The monoisotopic (exact) mass is 585 g/mol. The molecular formula is C28H37Cl2NO8. The summed E-state index contributed by atoms with van der Waals surface area (Å²) in [6.45, 7) is 4.83. The quantitative estimate of drug-likeness (QED) is 0.285. The zero-order chi connectivity index (χ0) is 27.4. The summed E-state index contributed by atoms with van der Waals surface area (Å²) in [6, 6.07) is 12.2. The molecule has 2 saturated heterocycles. The van der Waals surface area contributed by atoms with Crippen LogP contribution in [0.15, 0.2) is 42.5 Å². The van der Waals surface area contributed by atoms with Crippen LogP contribution in [-0.2, 0) is 20.7 Å². The van der Waals surface area contributed by atoms with Gasteiger partial charge < -0.3 is 40.0 Å². The normalized spacial score (nSPS) is 27.7. The van der Waals surface area contributed by atoms with Crippen molar-refractivity contribution in [1.82, 2.24) is 5.32 Å². The Labute approximate surface area is 239 Å². The maximum absolute atomic E-state index is 11.5. The Kier molecular flexibility index (Phi) is 11.4. The maximum atomic E-state index is 11.5. The second kappa shape index (κ2) is 14.1. The predicted octanol–water partition coefficient (Wildman–Crippen LogP) is 2.74. The first kappa shape index (κ1) is 31.6. The van der Waals surface area contributed by atoms with E-state index in [4.69, 9.17) is 25.8 Å². The van der Waals surface area contributed by atoms with E-state index in [0.717, 1.165) is 23.3 Å². The topological polar surface area (TPSA) is 138 Å². The summed E-state index contributed by atoms with van der Waals surface area (Å²) in [5, 5.41) is 44.7. The summed E-state index contributed by atoms with van der Waals surface area (Å²) in [4.78, 5) is 11.5. The number of aliphatic hydroxyl groups excluding tert-OH is 3. The van der Waals surface area contributed by atoms with Crippen molar-refractivity contribution < 1.29 is 39.4 Å². The van der Waals surface area contributed by atoms with Gasteiger partial charge in [-0.25, -0.2) is 0 Å². The molecule has 7 atom stereocenters. The molecule has 2 fully saturated rings. The lowest BCUT2D eigenvalue weighted by atomic mass is 9.89. The molecule has 4 rings (SSSR count). The molecule has 0 saturated carbocycles. The van der Waals surface area contributed by atoms with E-state index in [9.17, 15) is 25.2 Å². The second-order valence-electron chi connectivity index (χ2n) is 10.3. The second-order valence-corrected chi connectivity index (χ2v) is 10.7. The molecule has 11 heteroatoms. The van der Waals surface area contributed by atoms with E-state index >= 15 is 0 Å². The highest BCUT2D eigenvalue weighted by Crippen LogP contribution is 2.34. The van der Waals surface area contributed by atoms with E-state index in [2.05, 4.69) is 5.32 Å². The van der Waals surface area contributed by atoms with E-state index < -0.39 is 42.5 Å². The average Bonchev–Trinajstić information content (AvgIpc) is 3.39. The molecule has 0 aromatic heterocycles. The molecular weight excluding hydrogens is 549 g/mol. The van der Waals surface area contributed by atoms with Crippen molar-refractivity contribution in [3.63, 3.8) is 0 Å². The van der Waals surface area contributed by atoms with E-state index in [1.54, 1.807) is 26.0 Å². The van der Waals surface area contributed by atoms with Crippen LogP contribution in [0.5, 0.6) is 5.75 Å². The molecule has 2 aliphatic rings. The highest BCUT2D eigenvalue weighted by atomic mass is 35.5. The molecule has 216 valence electrons. The molecule has 0 unspecified atom stereocenters. The highest BCUT2D eigenvalue weighted by Gasteiger charge is 2.44. The summed E-state index contributed by atoms with van der Waals surface area (Å²) in [6.07, 6.45) is -4.65. The fourth-order valence-electron chi connectivity index (χ4n) is 4.86. The minimum Gasteiger partial charge on any atom is -0.488 e. The lowest BCUT2D eigenvalue weighted by molar-refractivity contribution is -0.223. The van der Waals surface area contributed by atoms with Crippen LogP contribution in [0.1, 0.15) is 43.1 Å². The first-order chi connectivity index (χ1) is 18.1. The standard InChI is InChI=1S/C28H36ClNO8.ClH/c1-15(2)23(28(34)35)30-13-22-24(31)25(32)26(33)27(38-22)17-5-8-21(29)18(12-17)11-16-3-6-19(7-4-16)37-20-9-10-36-14-20;/h3-8,12,15,20,22-27,30-33H,9-11,13-14H2,1-2H3,(H,34,35);1H/t20-,22+,23-,24+,25-,26+,27-;/m0./s1. The zero-order valence-electron chi connectivity index (χ0n) is 21.9. The number of carboxylic acids is 1. The van der Waals surface area contributed by atoms with Gasteiger partial charge in [0.25, 0.3) is 0 Å². The molecule has 0 aliphatic carbocycles. The summed E-state index contributed by atoms with van der Waals surface area (Å²) < 4.78 is 17.3. The molecule has 2 aliphatic heterocycles. The van der Waals surface area contributed by atoms with Crippen LogP contribution in [0.4, 0.5) is 0 Å². The Balaban J connectivity index is 0.00000420. The van der Waals surface area contributed by atoms with Crippen LogP contribution in [-0.4, -0.2) is 82.7 Å². The van der Waals surface area contributed by atoms with Crippen LogP contribution < -0.4 is 10.1 Å². The number of hydrogen-bond acceptors (Lipinski definition) is 8. The molecule has 39 heavy (non-hydrogen) atoms. The fourth-order valence-corrected chi connectivity index (χ4v) is 5.04. The van der Waals surface area contributed by atoms with Crippen molar-refractivity contribution in [2.75, 3.05) is 19.8 Å². The summed E-state index contributed by atoms with van der Waals surface area (Å²) in [5.41, 5.74) is 2.40. The summed E-state index contributed by atoms with van der Waals surface area (Å²) in [7, 11) is 0. The highest BCUT2D eigenvalue weighted by molar-refractivity contribution is 6.31. The molecule has 0 spiro atoms. The van der Waals surface area contributed by atoms with E-state index in [1.165, 1.54) is 0 Å². The fraction of sp³-hybridized carbons (Fsp3) is 0.536. The average molecular weight is 587 g/mol. The molecule has 0 radical (unpaired) electrons. The van der Waals surface area contributed by atoms with Crippen molar-refractivity contribution in [3.8, 4) is 5.75 Å². The zero-order valence-corrected chi connectivity index (χ0v) is 23.5. The Hall–Kier alpha value is -1.95. The maximum Gasteiger partial charge on any atom is 0.320 e. The van der Waals surface area contributed by atoms with Crippen molar-refractivity contribution >= 4 is 30.0 Å². The van der Waals surface area contributed by atoms with Crippen LogP contribution >= 0.6 is 24.0 Å². The van der Waals surface area contributed by atoms with Crippen LogP contribution in [0, 0.1) is 5.92 Å². The van der Waals surface area contributed by atoms with Gasteiger partial charge in [-0.3, -0.25) is 4.79 Å². The Bertz CT molecular complexity index is 1080.